The SMILES string of the molecule is CC(C)(C)OC(=O)N1CCC(CNC(=O)CNC(=O)c2ccc(S(=O)(=O)Nc3ccccc3Oc3ccccc3)cc2)CC1. The zero-order valence-electron chi connectivity index (χ0n) is 25.0. The van der Waals surface area contributed by atoms with Gasteiger partial charge in [-0.15, -0.1) is 0 Å². The van der Waals surface area contributed by atoms with Crippen molar-refractivity contribution in [2.75, 3.05) is 30.9 Å². The number of para-hydroxylation sites is 3. The highest BCUT2D eigenvalue weighted by atomic mass is 32.2. The molecule has 0 aliphatic carbocycles. The number of nitrogens with one attached hydrogen (secondary N) is 3. The Labute approximate surface area is 258 Å². The third-order valence-corrected chi connectivity index (χ3v) is 8.17. The summed E-state index contributed by atoms with van der Waals surface area (Å²) in [4.78, 5) is 38.8. The number of nitrogens with zero attached hydrogens (tertiary/aromatic N) is 1. The van der Waals surface area contributed by atoms with Gasteiger partial charge in [0.2, 0.25) is 5.91 Å². The van der Waals surface area contributed by atoms with Crippen LogP contribution in [0.25, 0.3) is 0 Å². The van der Waals surface area contributed by atoms with Crippen molar-refractivity contribution in [2.45, 2.75) is 44.1 Å². The molecule has 3 aromatic rings. The van der Waals surface area contributed by atoms with Gasteiger partial charge < -0.3 is 25.0 Å². The Morgan fingerprint density at radius 3 is 2.16 bits per heavy atom. The number of carbonyl (C=O) groups is 3. The summed E-state index contributed by atoms with van der Waals surface area (Å²) >= 11 is 0. The summed E-state index contributed by atoms with van der Waals surface area (Å²) in [6, 6.07) is 21.1. The third-order valence-electron chi connectivity index (χ3n) is 6.79. The number of amides is 3. The molecule has 12 heteroatoms. The van der Waals surface area contributed by atoms with Crippen LogP contribution in [0.1, 0.15) is 44.0 Å². The van der Waals surface area contributed by atoms with Gasteiger partial charge in [-0.05, 0) is 88.1 Å². The van der Waals surface area contributed by atoms with E-state index in [0.29, 0.717) is 31.1 Å². The fourth-order valence-electron chi connectivity index (χ4n) is 4.47. The number of hydrogen-bond acceptors (Lipinski definition) is 7. The number of hydrogen-bond donors (Lipinski definition) is 3. The first-order valence-electron chi connectivity index (χ1n) is 14.4. The molecular formula is C32H38N4O7S. The Balaban J connectivity index is 1.23. The van der Waals surface area contributed by atoms with Crippen molar-refractivity contribution in [3.8, 4) is 11.5 Å². The molecule has 1 aliphatic heterocycles. The van der Waals surface area contributed by atoms with E-state index in [4.69, 9.17) is 9.47 Å². The van der Waals surface area contributed by atoms with Crippen molar-refractivity contribution < 1.29 is 32.3 Å². The highest BCUT2D eigenvalue weighted by Gasteiger charge is 2.27. The predicted molar refractivity (Wildman–Crippen MR) is 166 cm³/mol. The van der Waals surface area contributed by atoms with Crippen LogP contribution in [0.4, 0.5) is 10.5 Å². The molecule has 11 nitrogen and oxygen atoms in total. The summed E-state index contributed by atoms with van der Waals surface area (Å²) in [5.41, 5.74) is -0.0775. The summed E-state index contributed by atoms with van der Waals surface area (Å²) in [7, 11) is -3.99. The smallest absolute Gasteiger partial charge is 0.410 e. The molecule has 0 bridgehead atoms. The number of rotatable bonds is 10. The molecule has 4 rings (SSSR count). The zero-order valence-corrected chi connectivity index (χ0v) is 25.9. The van der Waals surface area contributed by atoms with E-state index in [1.54, 1.807) is 41.3 Å². The Bertz CT molecular complexity index is 1550. The Kier molecular flexibility index (Phi) is 10.5. The maximum atomic E-state index is 13.1. The van der Waals surface area contributed by atoms with Crippen LogP contribution in [0, 0.1) is 5.92 Å². The number of likely N-dealkylation sites (tertiary alicyclic amines) is 1. The zero-order chi connectivity index (χ0) is 31.7. The summed E-state index contributed by atoms with van der Waals surface area (Å²) in [5, 5.41) is 5.38. The first kappa shape index (κ1) is 32.3. The van der Waals surface area contributed by atoms with E-state index in [1.165, 1.54) is 24.3 Å². The normalized spacial score (nSPS) is 13.9. The van der Waals surface area contributed by atoms with Gasteiger partial charge in [0, 0.05) is 25.2 Å². The van der Waals surface area contributed by atoms with Gasteiger partial charge >= 0.3 is 6.09 Å². The average molecular weight is 623 g/mol. The van der Waals surface area contributed by atoms with E-state index in [-0.39, 0.29) is 40.6 Å². The van der Waals surface area contributed by atoms with E-state index in [2.05, 4.69) is 15.4 Å². The molecule has 234 valence electrons. The van der Waals surface area contributed by atoms with Crippen molar-refractivity contribution in [1.29, 1.82) is 0 Å². The molecular weight excluding hydrogens is 584 g/mol. The molecule has 1 aliphatic rings. The van der Waals surface area contributed by atoms with Gasteiger partial charge in [-0.3, -0.25) is 14.3 Å². The van der Waals surface area contributed by atoms with Crippen molar-refractivity contribution in [1.82, 2.24) is 15.5 Å². The predicted octanol–water partition coefficient (Wildman–Crippen LogP) is 4.77. The van der Waals surface area contributed by atoms with Gasteiger partial charge in [0.05, 0.1) is 17.1 Å². The highest BCUT2D eigenvalue weighted by Crippen LogP contribution is 2.31. The van der Waals surface area contributed by atoms with Crippen LogP contribution in [0.5, 0.6) is 11.5 Å². The Morgan fingerprint density at radius 2 is 1.50 bits per heavy atom. The Hall–Kier alpha value is -4.58. The van der Waals surface area contributed by atoms with Crippen molar-refractivity contribution in [3.63, 3.8) is 0 Å². The van der Waals surface area contributed by atoms with Gasteiger partial charge in [-0.25, -0.2) is 13.2 Å². The third kappa shape index (κ3) is 9.46. The summed E-state index contributed by atoms with van der Waals surface area (Å²) < 4.78 is 39.9. The van der Waals surface area contributed by atoms with E-state index in [0.717, 1.165) is 12.8 Å². The lowest BCUT2D eigenvalue weighted by molar-refractivity contribution is -0.120. The lowest BCUT2D eigenvalue weighted by Gasteiger charge is -2.33. The standard InChI is InChI=1S/C32H38N4O7S/c1-32(2,3)43-31(39)36-19-17-23(18-20-36)21-33-29(37)22-34-30(38)24-13-15-26(16-14-24)44(40,41)35-27-11-7-8-12-28(27)42-25-9-5-4-6-10-25/h4-16,23,35H,17-22H2,1-3H3,(H,33,37)(H,34,38). The number of ether oxygens (including phenoxy) is 2. The first-order chi connectivity index (χ1) is 20.9. The second-order valence-corrected chi connectivity index (χ2v) is 13.1. The Morgan fingerprint density at radius 1 is 0.864 bits per heavy atom. The lowest BCUT2D eigenvalue weighted by atomic mass is 9.97. The topological polar surface area (TPSA) is 143 Å². The van der Waals surface area contributed by atoms with Gasteiger partial charge in [0.25, 0.3) is 15.9 Å². The fourth-order valence-corrected chi connectivity index (χ4v) is 5.54. The quantitative estimate of drug-likeness (QED) is 0.296. The van der Waals surface area contributed by atoms with E-state index >= 15 is 0 Å². The summed E-state index contributed by atoms with van der Waals surface area (Å²) in [6.07, 6.45) is 1.15. The van der Waals surface area contributed by atoms with Crippen LogP contribution < -0.4 is 20.1 Å². The minimum absolute atomic E-state index is 0.0426. The summed E-state index contributed by atoms with van der Waals surface area (Å²) in [5.74, 6) is 0.261. The lowest BCUT2D eigenvalue weighted by Crippen LogP contribution is -2.44. The first-order valence-corrected chi connectivity index (χ1v) is 15.9. The number of carbonyl (C=O) groups excluding carboxylic acids is 3. The average Bonchev–Trinajstić information content (AvgIpc) is 2.99. The number of sulfonamides is 1. The fraction of sp³-hybridized carbons (Fsp3) is 0.344. The molecule has 3 amide bonds. The molecule has 0 aromatic heterocycles. The largest absolute Gasteiger partial charge is 0.455 e. The minimum atomic E-state index is -3.99. The van der Waals surface area contributed by atoms with Crippen molar-refractivity contribution in [2.24, 2.45) is 5.92 Å². The van der Waals surface area contributed by atoms with Crippen molar-refractivity contribution >= 4 is 33.6 Å². The molecule has 0 atom stereocenters. The second kappa shape index (κ2) is 14.3. The van der Waals surface area contributed by atoms with Crippen LogP contribution in [-0.2, 0) is 19.6 Å². The van der Waals surface area contributed by atoms with Gasteiger partial charge in [0.15, 0.2) is 5.75 Å². The molecule has 3 aromatic carbocycles. The minimum Gasteiger partial charge on any atom is -0.455 e. The molecule has 3 N–H and O–H groups in total. The molecule has 1 heterocycles. The van der Waals surface area contributed by atoms with Gasteiger partial charge in [-0.1, -0.05) is 30.3 Å². The van der Waals surface area contributed by atoms with Gasteiger partial charge in [0.1, 0.15) is 11.4 Å². The van der Waals surface area contributed by atoms with E-state index in [1.807, 2.05) is 39.0 Å². The number of benzene rings is 3. The van der Waals surface area contributed by atoms with E-state index < -0.39 is 21.5 Å². The van der Waals surface area contributed by atoms with Crippen LogP contribution in [0.15, 0.2) is 83.8 Å². The number of piperidine rings is 1. The molecule has 1 saturated heterocycles. The van der Waals surface area contributed by atoms with E-state index in [9.17, 15) is 22.8 Å². The maximum absolute atomic E-state index is 13.1. The van der Waals surface area contributed by atoms with Crippen LogP contribution in [0.3, 0.4) is 0 Å². The summed E-state index contributed by atoms with van der Waals surface area (Å²) in [6.45, 7) is 6.81. The molecule has 0 unspecified atom stereocenters. The highest BCUT2D eigenvalue weighted by molar-refractivity contribution is 7.92. The molecule has 0 spiro atoms. The molecule has 0 saturated carbocycles. The maximum Gasteiger partial charge on any atom is 0.410 e. The van der Waals surface area contributed by atoms with Gasteiger partial charge in [-0.2, -0.15) is 0 Å². The molecule has 0 radical (unpaired) electrons. The van der Waals surface area contributed by atoms with Crippen LogP contribution in [-0.4, -0.2) is 63.0 Å². The molecule has 1 fully saturated rings. The molecule has 44 heavy (non-hydrogen) atoms. The van der Waals surface area contributed by atoms with Crippen LogP contribution >= 0.6 is 0 Å². The van der Waals surface area contributed by atoms with Crippen LogP contribution in [0.2, 0.25) is 0 Å². The number of anilines is 1. The van der Waals surface area contributed by atoms with Crippen molar-refractivity contribution in [3.05, 3.63) is 84.4 Å². The second-order valence-electron chi connectivity index (χ2n) is 11.4. The monoisotopic (exact) mass is 622 g/mol.